The number of hydrogen-bond acceptors (Lipinski definition) is 4. The molecule has 2 aromatic carbocycles. The first-order valence-corrected chi connectivity index (χ1v) is 7.30. The van der Waals surface area contributed by atoms with E-state index in [0.717, 1.165) is 5.56 Å². The topological polar surface area (TPSA) is 75.4 Å². The van der Waals surface area contributed by atoms with Crippen molar-refractivity contribution in [2.24, 2.45) is 0 Å². The van der Waals surface area contributed by atoms with E-state index >= 15 is 0 Å². The van der Waals surface area contributed by atoms with E-state index in [2.05, 4.69) is 5.32 Å². The van der Waals surface area contributed by atoms with Crippen molar-refractivity contribution < 1.29 is 10.0 Å². The Kier molecular flexibility index (Phi) is 5.74. The zero-order valence-corrected chi connectivity index (χ0v) is 13.0. The second-order valence-corrected chi connectivity index (χ2v) is 5.61. The standard InChI is InChI=1S/C15H14Cl2N2O3/c16-12-5-4-11(14(17)8-12)9-18-15(20)7-10-2-1-3-13(6-10)19(21)22/h1-6,8,15,18,20H,7,9H2. The van der Waals surface area contributed by atoms with E-state index in [9.17, 15) is 15.2 Å². The van der Waals surface area contributed by atoms with Gasteiger partial charge in [-0.2, -0.15) is 0 Å². The van der Waals surface area contributed by atoms with Gasteiger partial charge in [0.25, 0.3) is 5.69 Å². The van der Waals surface area contributed by atoms with Gasteiger partial charge in [0.15, 0.2) is 0 Å². The van der Waals surface area contributed by atoms with Gasteiger partial charge in [-0.1, -0.05) is 41.4 Å². The molecular formula is C15H14Cl2N2O3. The maximum absolute atomic E-state index is 10.7. The molecule has 0 heterocycles. The van der Waals surface area contributed by atoms with Crippen molar-refractivity contribution in [1.82, 2.24) is 5.32 Å². The number of nitrogens with zero attached hydrogens (tertiary/aromatic N) is 1. The molecule has 2 rings (SSSR count). The Bertz CT molecular complexity index is 680. The Balaban J connectivity index is 1.94. The van der Waals surface area contributed by atoms with Crippen LogP contribution in [0, 0.1) is 10.1 Å². The fourth-order valence-electron chi connectivity index (χ4n) is 1.99. The third-order valence-corrected chi connectivity index (χ3v) is 3.68. The molecule has 0 aliphatic heterocycles. The van der Waals surface area contributed by atoms with Crippen LogP contribution in [0.2, 0.25) is 10.0 Å². The van der Waals surface area contributed by atoms with E-state index < -0.39 is 11.2 Å². The summed E-state index contributed by atoms with van der Waals surface area (Å²) in [5, 5.41) is 24.7. The maximum atomic E-state index is 10.7. The van der Waals surface area contributed by atoms with Crippen molar-refractivity contribution in [1.29, 1.82) is 0 Å². The van der Waals surface area contributed by atoms with Crippen molar-refractivity contribution in [3.8, 4) is 0 Å². The molecule has 1 unspecified atom stereocenters. The molecule has 0 saturated carbocycles. The minimum absolute atomic E-state index is 0.00504. The van der Waals surface area contributed by atoms with Gasteiger partial charge in [0, 0.05) is 35.1 Å². The van der Waals surface area contributed by atoms with Gasteiger partial charge in [-0.05, 0) is 23.3 Å². The number of benzene rings is 2. The summed E-state index contributed by atoms with van der Waals surface area (Å²) in [4.78, 5) is 10.3. The largest absolute Gasteiger partial charge is 0.378 e. The fraction of sp³-hybridized carbons (Fsp3) is 0.200. The van der Waals surface area contributed by atoms with Gasteiger partial charge in [0.1, 0.15) is 6.23 Å². The normalized spacial score (nSPS) is 12.1. The minimum atomic E-state index is -0.839. The molecule has 2 N–H and O–H groups in total. The van der Waals surface area contributed by atoms with E-state index in [1.54, 1.807) is 30.3 Å². The SMILES string of the molecule is O=[N+]([O-])c1cccc(CC(O)NCc2ccc(Cl)cc2Cl)c1. The molecule has 0 aliphatic carbocycles. The van der Waals surface area contributed by atoms with Gasteiger partial charge in [0.05, 0.1) is 4.92 Å². The van der Waals surface area contributed by atoms with Crippen molar-refractivity contribution in [2.45, 2.75) is 19.2 Å². The predicted octanol–water partition coefficient (Wildman–Crippen LogP) is 3.55. The maximum Gasteiger partial charge on any atom is 0.269 e. The Morgan fingerprint density at radius 1 is 1.23 bits per heavy atom. The van der Waals surface area contributed by atoms with Gasteiger partial charge in [-0.25, -0.2) is 0 Å². The van der Waals surface area contributed by atoms with E-state index in [1.165, 1.54) is 12.1 Å². The number of hydrogen-bond donors (Lipinski definition) is 2. The fourth-order valence-corrected chi connectivity index (χ4v) is 2.46. The van der Waals surface area contributed by atoms with Crippen LogP contribution in [-0.2, 0) is 13.0 Å². The molecule has 0 spiro atoms. The highest BCUT2D eigenvalue weighted by Crippen LogP contribution is 2.21. The van der Waals surface area contributed by atoms with Crippen molar-refractivity contribution in [3.63, 3.8) is 0 Å². The molecule has 116 valence electrons. The van der Waals surface area contributed by atoms with Crippen LogP contribution in [0.5, 0.6) is 0 Å². The first-order chi connectivity index (χ1) is 10.5. The van der Waals surface area contributed by atoms with Crippen LogP contribution in [0.3, 0.4) is 0 Å². The number of aliphatic hydroxyl groups excluding tert-OH is 1. The van der Waals surface area contributed by atoms with Gasteiger partial charge in [-0.15, -0.1) is 0 Å². The third-order valence-electron chi connectivity index (χ3n) is 3.09. The molecule has 0 amide bonds. The number of non-ortho nitro benzene ring substituents is 1. The molecular weight excluding hydrogens is 327 g/mol. The van der Waals surface area contributed by atoms with Crippen molar-refractivity contribution >= 4 is 28.9 Å². The lowest BCUT2D eigenvalue weighted by Crippen LogP contribution is -2.30. The molecule has 0 aromatic heterocycles. The summed E-state index contributed by atoms with van der Waals surface area (Å²) in [5.74, 6) is 0. The Hall–Kier alpha value is -1.66. The van der Waals surface area contributed by atoms with Crippen LogP contribution < -0.4 is 5.32 Å². The lowest BCUT2D eigenvalue weighted by Gasteiger charge is -2.13. The summed E-state index contributed by atoms with van der Waals surface area (Å²) < 4.78 is 0. The Morgan fingerprint density at radius 2 is 2.00 bits per heavy atom. The number of halogens is 2. The molecule has 22 heavy (non-hydrogen) atoms. The van der Waals surface area contributed by atoms with E-state index in [1.807, 2.05) is 0 Å². The molecule has 5 nitrogen and oxygen atoms in total. The highest BCUT2D eigenvalue weighted by Gasteiger charge is 2.10. The van der Waals surface area contributed by atoms with Gasteiger partial charge < -0.3 is 5.11 Å². The van der Waals surface area contributed by atoms with Crippen LogP contribution in [0.25, 0.3) is 0 Å². The lowest BCUT2D eigenvalue weighted by molar-refractivity contribution is -0.384. The summed E-state index contributed by atoms with van der Waals surface area (Å²) in [7, 11) is 0. The average molecular weight is 341 g/mol. The van der Waals surface area contributed by atoms with Crippen LogP contribution in [0.4, 0.5) is 5.69 Å². The van der Waals surface area contributed by atoms with Crippen molar-refractivity contribution in [3.05, 3.63) is 73.8 Å². The highest BCUT2D eigenvalue weighted by atomic mass is 35.5. The van der Waals surface area contributed by atoms with E-state index in [4.69, 9.17) is 23.2 Å². The van der Waals surface area contributed by atoms with Crippen LogP contribution in [-0.4, -0.2) is 16.3 Å². The second kappa shape index (κ2) is 7.56. The highest BCUT2D eigenvalue weighted by molar-refractivity contribution is 6.35. The smallest absolute Gasteiger partial charge is 0.269 e. The number of nitro groups is 1. The zero-order chi connectivity index (χ0) is 16.1. The number of nitrogens with one attached hydrogen (secondary N) is 1. The minimum Gasteiger partial charge on any atom is -0.378 e. The van der Waals surface area contributed by atoms with Crippen LogP contribution >= 0.6 is 23.2 Å². The molecule has 0 radical (unpaired) electrons. The third kappa shape index (κ3) is 4.68. The van der Waals surface area contributed by atoms with Crippen LogP contribution in [0.1, 0.15) is 11.1 Å². The molecule has 2 aromatic rings. The molecule has 0 fully saturated rings. The lowest BCUT2D eigenvalue weighted by atomic mass is 10.1. The number of aliphatic hydroxyl groups is 1. The zero-order valence-electron chi connectivity index (χ0n) is 11.5. The summed E-state index contributed by atoms with van der Waals surface area (Å²) >= 11 is 11.9. The van der Waals surface area contributed by atoms with E-state index in [0.29, 0.717) is 22.2 Å². The monoisotopic (exact) mass is 340 g/mol. The molecule has 7 heteroatoms. The average Bonchev–Trinajstić information content (AvgIpc) is 2.46. The molecule has 0 aliphatic rings. The number of nitro benzene ring substituents is 1. The molecule has 1 atom stereocenters. The summed E-state index contributed by atoms with van der Waals surface area (Å²) in [6.07, 6.45) is -0.582. The van der Waals surface area contributed by atoms with E-state index in [-0.39, 0.29) is 12.1 Å². The van der Waals surface area contributed by atoms with Crippen molar-refractivity contribution in [2.75, 3.05) is 0 Å². The summed E-state index contributed by atoms with van der Waals surface area (Å²) in [5.41, 5.74) is 1.49. The van der Waals surface area contributed by atoms with Gasteiger partial charge >= 0.3 is 0 Å². The van der Waals surface area contributed by atoms with Gasteiger partial charge in [0.2, 0.25) is 0 Å². The molecule has 0 bridgehead atoms. The van der Waals surface area contributed by atoms with Crippen LogP contribution in [0.15, 0.2) is 42.5 Å². The molecule has 0 saturated heterocycles. The Morgan fingerprint density at radius 3 is 2.68 bits per heavy atom. The quantitative estimate of drug-likeness (QED) is 0.479. The number of rotatable bonds is 6. The first kappa shape index (κ1) is 16.7. The van der Waals surface area contributed by atoms with Gasteiger partial charge in [-0.3, -0.25) is 15.4 Å². The summed E-state index contributed by atoms with van der Waals surface area (Å²) in [6, 6.07) is 11.3. The second-order valence-electron chi connectivity index (χ2n) is 4.76. The summed E-state index contributed by atoms with van der Waals surface area (Å²) in [6.45, 7) is 0.367. The predicted molar refractivity (Wildman–Crippen MR) is 86.1 cm³/mol. The Labute approximate surface area is 137 Å². The first-order valence-electron chi connectivity index (χ1n) is 6.54.